The van der Waals surface area contributed by atoms with E-state index in [2.05, 4.69) is 15.3 Å². The summed E-state index contributed by atoms with van der Waals surface area (Å²) in [5, 5.41) is 2.51. The summed E-state index contributed by atoms with van der Waals surface area (Å²) in [5.41, 5.74) is 0.534. The molecule has 8 nitrogen and oxygen atoms in total. The molecular weight excluding hydrogens is 447 g/mol. The standard InChI is InChI=1S/C20H26ClFN4O4S/c1-20(2,3)30-19(27)23-9-6-10-26(31(4,28)29)13-14-7-5-8-15(11-14)17-16(22)12-24-18(21)25-17/h5,7-8,11-12H,6,9-10,13H2,1-4H3,(H,23,27). The van der Waals surface area contributed by atoms with E-state index in [9.17, 15) is 17.6 Å². The van der Waals surface area contributed by atoms with E-state index >= 15 is 0 Å². The van der Waals surface area contributed by atoms with Crippen LogP contribution in [0.25, 0.3) is 11.3 Å². The summed E-state index contributed by atoms with van der Waals surface area (Å²) in [7, 11) is -3.52. The van der Waals surface area contributed by atoms with Crippen molar-refractivity contribution in [2.75, 3.05) is 19.3 Å². The molecule has 0 fully saturated rings. The molecule has 1 N–H and O–H groups in total. The molecule has 0 atom stereocenters. The van der Waals surface area contributed by atoms with Crippen LogP contribution < -0.4 is 5.32 Å². The molecule has 1 aromatic heterocycles. The lowest BCUT2D eigenvalue weighted by Gasteiger charge is -2.22. The molecular formula is C20H26ClFN4O4S. The number of amides is 1. The number of rotatable bonds is 8. The number of hydrogen-bond acceptors (Lipinski definition) is 6. The topological polar surface area (TPSA) is 101 Å². The van der Waals surface area contributed by atoms with E-state index < -0.39 is 27.5 Å². The predicted molar refractivity (Wildman–Crippen MR) is 117 cm³/mol. The second-order valence-electron chi connectivity index (χ2n) is 7.91. The Labute approximate surface area is 186 Å². The van der Waals surface area contributed by atoms with Crippen LogP contribution in [-0.4, -0.2) is 53.7 Å². The predicted octanol–water partition coefficient (Wildman–Crippen LogP) is 3.61. The van der Waals surface area contributed by atoms with Gasteiger partial charge >= 0.3 is 6.09 Å². The van der Waals surface area contributed by atoms with Crippen molar-refractivity contribution in [2.24, 2.45) is 0 Å². The van der Waals surface area contributed by atoms with Crippen LogP contribution in [0.4, 0.5) is 9.18 Å². The molecule has 1 heterocycles. The van der Waals surface area contributed by atoms with Crippen molar-refractivity contribution in [3.63, 3.8) is 0 Å². The average molecular weight is 473 g/mol. The highest BCUT2D eigenvalue weighted by Crippen LogP contribution is 2.23. The van der Waals surface area contributed by atoms with Crippen molar-refractivity contribution in [1.29, 1.82) is 0 Å². The Balaban J connectivity index is 2.05. The Morgan fingerprint density at radius 1 is 1.32 bits per heavy atom. The highest BCUT2D eigenvalue weighted by atomic mass is 35.5. The molecule has 0 aliphatic rings. The van der Waals surface area contributed by atoms with Gasteiger partial charge in [-0.15, -0.1) is 0 Å². The number of nitrogens with one attached hydrogen (secondary N) is 1. The second-order valence-corrected chi connectivity index (χ2v) is 10.2. The molecule has 0 aliphatic carbocycles. The fraction of sp³-hybridized carbons (Fsp3) is 0.450. The maximum atomic E-state index is 14.1. The van der Waals surface area contributed by atoms with Crippen LogP contribution in [-0.2, 0) is 21.3 Å². The highest BCUT2D eigenvalue weighted by Gasteiger charge is 2.19. The monoisotopic (exact) mass is 472 g/mol. The number of ether oxygens (including phenoxy) is 1. The SMILES string of the molecule is CC(C)(C)OC(=O)NCCCN(Cc1cccc(-c2nc(Cl)ncc2F)c1)S(C)(=O)=O. The van der Waals surface area contributed by atoms with E-state index in [1.54, 1.807) is 45.0 Å². The van der Waals surface area contributed by atoms with E-state index in [4.69, 9.17) is 16.3 Å². The zero-order valence-electron chi connectivity index (χ0n) is 17.9. The van der Waals surface area contributed by atoms with E-state index in [0.717, 1.165) is 12.5 Å². The van der Waals surface area contributed by atoms with Gasteiger partial charge in [0.1, 0.15) is 11.3 Å². The molecule has 11 heteroatoms. The molecule has 0 radical (unpaired) electrons. The third kappa shape index (κ3) is 8.39. The first kappa shape index (κ1) is 25.0. The largest absolute Gasteiger partial charge is 0.444 e. The van der Waals surface area contributed by atoms with Crippen LogP contribution in [0, 0.1) is 5.82 Å². The molecule has 170 valence electrons. The lowest BCUT2D eigenvalue weighted by molar-refractivity contribution is 0.0526. The Hall–Kier alpha value is -2.30. The first-order valence-corrected chi connectivity index (χ1v) is 11.8. The molecule has 0 spiro atoms. The molecule has 0 aliphatic heterocycles. The summed E-state index contributed by atoms with van der Waals surface area (Å²) in [6.07, 6.45) is 1.93. The average Bonchev–Trinajstić information content (AvgIpc) is 2.64. The number of hydrogen-bond donors (Lipinski definition) is 1. The lowest BCUT2D eigenvalue weighted by Crippen LogP contribution is -2.35. The number of halogens is 2. The van der Waals surface area contributed by atoms with Crippen molar-refractivity contribution in [2.45, 2.75) is 39.3 Å². The highest BCUT2D eigenvalue weighted by molar-refractivity contribution is 7.88. The number of sulfonamides is 1. The minimum atomic E-state index is -3.52. The Kier molecular flexibility index (Phi) is 8.33. The van der Waals surface area contributed by atoms with Crippen molar-refractivity contribution >= 4 is 27.7 Å². The number of carbonyl (C=O) groups is 1. The maximum absolute atomic E-state index is 14.1. The Morgan fingerprint density at radius 2 is 2.03 bits per heavy atom. The number of alkyl carbamates (subject to hydrolysis) is 1. The third-order valence-corrected chi connectivity index (χ3v) is 5.43. The molecule has 31 heavy (non-hydrogen) atoms. The molecule has 0 bridgehead atoms. The molecule has 2 rings (SSSR count). The van der Waals surface area contributed by atoms with Gasteiger partial charge in [0.15, 0.2) is 5.82 Å². The van der Waals surface area contributed by atoms with Crippen molar-refractivity contribution in [3.05, 3.63) is 47.1 Å². The smallest absolute Gasteiger partial charge is 0.407 e. The van der Waals surface area contributed by atoms with Crippen molar-refractivity contribution < 1.29 is 22.3 Å². The summed E-state index contributed by atoms with van der Waals surface area (Å²) >= 11 is 5.76. The number of aromatic nitrogens is 2. The Bertz CT molecular complexity index is 1030. The minimum Gasteiger partial charge on any atom is -0.444 e. The van der Waals surface area contributed by atoms with Gasteiger partial charge in [-0.25, -0.2) is 27.6 Å². The quantitative estimate of drug-likeness (QED) is 0.465. The van der Waals surface area contributed by atoms with Crippen molar-refractivity contribution in [3.8, 4) is 11.3 Å². The van der Waals surface area contributed by atoms with Gasteiger partial charge in [-0.3, -0.25) is 0 Å². The first-order valence-electron chi connectivity index (χ1n) is 9.54. The first-order chi connectivity index (χ1) is 14.3. The number of nitrogens with zero attached hydrogens (tertiary/aromatic N) is 3. The van der Waals surface area contributed by atoms with Gasteiger partial charge in [-0.05, 0) is 50.4 Å². The van der Waals surface area contributed by atoms with Crippen LogP contribution in [0.15, 0.2) is 30.5 Å². The Morgan fingerprint density at radius 3 is 2.68 bits per heavy atom. The minimum absolute atomic E-state index is 0.0364. The zero-order valence-corrected chi connectivity index (χ0v) is 19.4. The van der Waals surface area contributed by atoms with Gasteiger partial charge < -0.3 is 10.1 Å². The molecule has 2 aromatic rings. The zero-order chi connectivity index (χ0) is 23.2. The van der Waals surface area contributed by atoms with Gasteiger partial charge in [0.2, 0.25) is 15.3 Å². The lowest BCUT2D eigenvalue weighted by atomic mass is 10.1. The van der Waals surface area contributed by atoms with E-state index in [1.165, 1.54) is 4.31 Å². The summed E-state index contributed by atoms with van der Waals surface area (Å²) in [6.45, 7) is 5.80. The maximum Gasteiger partial charge on any atom is 0.407 e. The summed E-state index contributed by atoms with van der Waals surface area (Å²) in [5.74, 6) is -0.630. The van der Waals surface area contributed by atoms with E-state index in [0.29, 0.717) is 17.5 Å². The fourth-order valence-electron chi connectivity index (χ4n) is 2.69. The van der Waals surface area contributed by atoms with Crippen LogP contribution in [0.5, 0.6) is 0 Å². The second kappa shape index (κ2) is 10.3. The molecule has 0 unspecified atom stereocenters. The van der Waals surface area contributed by atoms with E-state index in [1.807, 2.05) is 0 Å². The van der Waals surface area contributed by atoms with Crippen LogP contribution in [0.3, 0.4) is 0 Å². The fourth-order valence-corrected chi connectivity index (χ4v) is 3.67. The van der Waals surface area contributed by atoms with Crippen molar-refractivity contribution in [1.82, 2.24) is 19.6 Å². The van der Waals surface area contributed by atoms with Crippen LogP contribution in [0.1, 0.15) is 32.8 Å². The summed E-state index contributed by atoms with van der Waals surface area (Å²) < 4.78 is 45.0. The molecule has 1 aromatic carbocycles. The number of benzene rings is 1. The van der Waals surface area contributed by atoms with Gasteiger partial charge in [0, 0.05) is 25.2 Å². The molecule has 0 saturated heterocycles. The summed E-state index contributed by atoms with van der Waals surface area (Å²) in [4.78, 5) is 19.2. The summed E-state index contributed by atoms with van der Waals surface area (Å²) in [6, 6.07) is 6.73. The van der Waals surface area contributed by atoms with Gasteiger partial charge in [-0.1, -0.05) is 18.2 Å². The van der Waals surface area contributed by atoms with Gasteiger partial charge in [-0.2, -0.15) is 4.31 Å². The molecule has 0 saturated carbocycles. The molecule has 1 amide bonds. The number of carbonyl (C=O) groups excluding carboxylic acids is 1. The van der Waals surface area contributed by atoms with E-state index in [-0.39, 0.29) is 30.6 Å². The van der Waals surface area contributed by atoms with Crippen LogP contribution >= 0.6 is 11.6 Å². The third-order valence-electron chi connectivity index (χ3n) is 4.00. The van der Waals surface area contributed by atoms with Crippen LogP contribution in [0.2, 0.25) is 5.28 Å². The van der Waals surface area contributed by atoms with Gasteiger partial charge in [0.05, 0.1) is 12.5 Å². The van der Waals surface area contributed by atoms with Gasteiger partial charge in [0.25, 0.3) is 0 Å². The normalized spacial score (nSPS) is 12.1.